The second kappa shape index (κ2) is 7.87. The summed E-state index contributed by atoms with van der Waals surface area (Å²) in [5, 5.41) is 12.0. The summed E-state index contributed by atoms with van der Waals surface area (Å²) in [5.41, 5.74) is 0. The van der Waals surface area contributed by atoms with Crippen LogP contribution >= 0.6 is 0 Å². The summed E-state index contributed by atoms with van der Waals surface area (Å²) >= 11 is 0. The van der Waals surface area contributed by atoms with E-state index >= 15 is 0 Å². The van der Waals surface area contributed by atoms with Gasteiger partial charge in [0, 0.05) is 25.7 Å². The second-order valence-corrected chi connectivity index (χ2v) is 6.56. The maximum atomic E-state index is 12.3. The highest BCUT2D eigenvalue weighted by atomic mass is 16.3. The minimum absolute atomic E-state index is 0.114. The van der Waals surface area contributed by atoms with E-state index in [2.05, 4.69) is 12.2 Å². The van der Waals surface area contributed by atoms with E-state index < -0.39 is 0 Å². The summed E-state index contributed by atoms with van der Waals surface area (Å²) in [6.07, 6.45) is 9.21. The zero-order valence-corrected chi connectivity index (χ0v) is 12.8. The van der Waals surface area contributed by atoms with Crippen molar-refractivity contribution in [3.8, 4) is 0 Å². The van der Waals surface area contributed by atoms with Gasteiger partial charge < -0.3 is 15.3 Å². The van der Waals surface area contributed by atoms with Crippen LogP contribution in [0.3, 0.4) is 0 Å². The maximum Gasteiger partial charge on any atom is 0.317 e. The Morgan fingerprint density at radius 1 is 1.20 bits per heavy atom. The molecule has 0 aromatic rings. The predicted molar refractivity (Wildman–Crippen MR) is 80.6 cm³/mol. The number of aliphatic hydroxyl groups excluding tert-OH is 1. The van der Waals surface area contributed by atoms with E-state index in [9.17, 15) is 4.79 Å². The molecule has 0 aromatic heterocycles. The quantitative estimate of drug-likeness (QED) is 0.705. The van der Waals surface area contributed by atoms with Crippen molar-refractivity contribution >= 4 is 6.03 Å². The lowest BCUT2D eigenvalue weighted by Gasteiger charge is -2.30. The Balaban J connectivity index is 1.73. The van der Waals surface area contributed by atoms with Crippen LogP contribution in [0.2, 0.25) is 0 Å². The van der Waals surface area contributed by atoms with Gasteiger partial charge in [-0.25, -0.2) is 4.79 Å². The SMILES string of the molecule is CC1CCCCC1CNC(=O)N(CCCCO)C1CC1. The summed E-state index contributed by atoms with van der Waals surface area (Å²) in [5.74, 6) is 1.40. The Labute approximate surface area is 122 Å². The lowest BCUT2D eigenvalue weighted by molar-refractivity contribution is 0.182. The average Bonchev–Trinajstić information content (AvgIpc) is 3.27. The third kappa shape index (κ3) is 4.65. The zero-order chi connectivity index (χ0) is 14.4. The fraction of sp³-hybridized carbons (Fsp3) is 0.938. The van der Waals surface area contributed by atoms with Gasteiger partial charge >= 0.3 is 6.03 Å². The molecule has 0 bridgehead atoms. The Bertz CT molecular complexity index is 305. The van der Waals surface area contributed by atoms with Gasteiger partial charge in [-0.15, -0.1) is 0 Å². The molecule has 2 N–H and O–H groups in total. The van der Waals surface area contributed by atoms with Gasteiger partial charge in [0.25, 0.3) is 0 Å². The predicted octanol–water partition coefficient (Wildman–Crippen LogP) is 2.76. The van der Waals surface area contributed by atoms with Gasteiger partial charge in [-0.05, 0) is 43.9 Å². The Morgan fingerprint density at radius 2 is 1.95 bits per heavy atom. The fourth-order valence-electron chi connectivity index (χ4n) is 3.25. The molecule has 2 saturated carbocycles. The van der Waals surface area contributed by atoms with Crippen LogP contribution in [0.1, 0.15) is 58.3 Å². The topological polar surface area (TPSA) is 52.6 Å². The summed E-state index contributed by atoms with van der Waals surface area (Å²) in [6.45, 7) is 4.16. The van der Waals surface area contributed by atoms with Crippen LogP contribution in [-0.4, -0.2) is 41.8 Å². The minimum Gasteiger partial charge on any atom is -0.396 e. The molecule has 0 heterocycles. The number of rotatable bonds is 7. The number of aliphatic hydroxyl groups is 1. The number of hydrogen-bond acceptors (Lipinski definition) is 2. The van der Waals surface area contributed by atoms with E-state index in [0.717, 1.165) is 44.7 Å². The number of amides is 2. The van der Waals surface area contributed by atoms with Crippen LogP contribution in [0, 0.1) is 11.8 Å². The van der Waals surface area contributed by atoms with Crippen LogP contribution in [0.15, 0.2) is 0 Å². The highest BCUT2D eigenvalue weighted by Crippen LogP contribution is 2.30. The number of carbonyl (C=O) groups is 1. The van der Waals surface area contributed by atoms with Crippen molar-refractivity contribution in [3.05, 3.63) is 0 Å². The van der Waals surface area contributed by atoms with E-state index in [1.54, 1.807) is 0 Å². The van der Waals surface area contributed by atoms with Gasteiger partial charge in [0.1, 0.15) is 0 Å². The number of nitrogens with zero attached hydrogens (tertiary/aromatic N) is 1. The molecule has 116 valence electrons. The molecular weight excluding hydrogens is 252 g/mol. The summed E-state index contributed by atoms with van der Waals surface area (Å²) < 4.78 is 0. The molecule has 0 saturated heterocycles. The highest BCUT2D eigenvalue weighted by Gasteiger charge is 2.32. The average molecular weight is 282 g/mol. The molecule has 2 amide bonds. The van der Waals surface area contributed by atoms with E-state index in [0.29, 0.717) is 12.0 Å². The van der Waals surface area contributed by atoms with Gasteiger partial charge in [-0.3, -0.25) is 0 Å². The van der Waals surface area contributed by atoms with Crippen LogP contribution < -0.4 is 5.32 Å². The van der Waals surface area contributed by atoms with Crippen LogP contribution in [0.5, 0.6) is 0 Å². The van der Waals surface area contributed by atoms with Gasteiger partial charge in [0.05, 0.1) is 0 Å². The third-order valence-electron chi connectivity index (χ3n) is 4.86. The molecule has 2 unspecified atom stereocenters. The largest absolute Gasteiger partial charge is 0.396 e. The summed E-state index contributed by atoms with van der Waals surface area (Å²) in [6, 6.07) is 0.570. The number of nitrogens with one attached hydrogen (secondary N) is 1. The number of unbranched alkanes of at least 4 members (excludes halogenated alkanes) is 1. The fourth-order valence-corrected chi connectivity index (χ4v) is 3.25. The Morgan fingerprint density at radius 3 is 2.60 bits per heavy atom. The molecule has 4 heteroatoms. The van der Waals surface area contributed by atoms with Crippen molar-refractivity contribution in [2.45, 2.75) is 64.3 Å². The normalized spacial score (nSPS) is 26.3. The van der Waals surface area contributed by atoms with Crippen LogP contribution in [0.4, 0.5) is 4.79 Å². The lowest BCUT2D eigenvalue weighted by Crippen LogP contribution is -2.44. The van der Waals surface area contributed by atoms with Crippen molar-refractivity contribution in [2.24, 2.45) is 11.8 Å². The number of carbonyl (C=O) groups excluding carboxylic acids is 1. The zero-order valence-electron chi connectivity index (χ0n) is 12.8. The standard InChI is InChI=1S/C16H30N2O2/c1-13-6-2-3-7-14(13)12-17-16(20)18(15-8-9-15)10-4-5-11-19/h13-15,19H,2-12H2,1H3,(H,17,20). The molecule has 0 aliphatic heterocycles. The summed E-state index contributed by atoms with van der Waals surface area (Å²) in [4.78, 5) is 14.3. The maximum absolute atomic E-state index is 12.3. The molecule has 2 fully saturated rings. The molecule has 0 aromatic carbocycles. The number of hydrogen-bond donors (Lipinski definition) is 2. The van der Waals surface area contributed by atoms with Crippen LogP contribution in [-0.2, 0) is 0 Å². The van der Waals surface area contributed by atoms with Crippen molar-refractivity contribution < 1.29 is 9.90 Å². The molecular formula is C16H30N2O2. The first-order chi connectivity index (χ1) is 9.72. The van der Waals surface area contributed by atoms with Crippen molar-refractivity contribution in [3.63, 3.8) is 0 Å². The molecule has 4 nitrogen and oxygen atoms in total. The van der Waals surface area contributed by atoms with E-state index in [1.165, 1.54) is 25.7 Å². The van der Waals surface area contributed by atoms with Gasteiger partial charge in [-0.2, -0.15) is 0 Å². The van der Waals surface area contributed by atoms with Gasteiger partial charge in [0.2, 0.25) is 0 Å². The molecule has 2 atom stereocenters. The molecule has 20 heavy (non-hydrogen) atoms. The minimum atomic E-state index is 0.114. The molecule has 0 spiro atoms. The van der Waals surface area contributed by atoms with Crippen molar-refractivity contribution in [1.29, 1.82) is 0 Å². The van der Waals surface area contributed by atoms with Crippen molar-refractivity contribution in [2.75, 3.05) is 19.7 Å². The Kier molecular flexibility index (Phi) is 6.14. The second-order valence-electron chi connectivity index (χ2n) is 6.56. The molecule has 2 aliphatic carbocycles. The summed E-state index contributed by atoms with van der Waals surface area (Å²) in [7, 11) is 0. The first kappa shape index (κ1) is 15.6. The van der Waals surface area contributed by atoms with Gasteiger partial charge in [0.15, 0.2) is 0 Å². The van der Waals surface area contributed by atoms with E-state index in [1.807, 2.05) is 4.90 Å². The Hall–Kier alpha value is -0.770. The van der Waals surface area contributed by atoms with E-state index in [4.69, 9.17) is 5.11 Å². The first-order valence-electron chi connectivity index (χ1n) is 8.37. The first-order valence-corrected chi connectivity index (χ1v) is 8.37. The monoisotopic (exact) mass is 282 g/mol. The smallest absolute Gasteiger partial charge is 0.317 e. The van der Waals surface area contributed by atoms with Crippen LogP contribution in [0.25, 0.3) is 0 Å². The molecule has 0 radical (unpaired) electrons. The highest BCUT2D eigenvalue weighted by molar-refractivity contribution is 5.74. The molecule has 2 aliphatic rings. The lowest BCUT2D eigenvalue weighted by atomic mass is 9.80. The van der Waals surface area contributed by atoms with Crippen molar-refractivity contribution in [1.82, 2.24) is 10.2 Å². The van der Waals surface area contributed by atoms with Gasteiger partial charge in [-0.1, -0.05) is 26.2 Å². The molecule has 2 rings (SSSR count). The van der Waals surface area contributed by atoms with E-state index in [-0.39, 0.29) is 12.6 Å². The third-order valence-corrected chi connectivity index (χ3v) is 4.86. The number of urea groups is 1.